The molecule has 1 N–H and O–H groups in total. The Morgan fingerprint density at radius 3 is 2.44 bits per heavy atom. The van der Waals surface area contributed by atoms with Gasteiger partial charge in [0.1, 0.15) is 5.75 Å². The highest BCUT2D eigenvalue weighted by molar-refractivity contribution is 5.71. The number of ether oxygens (including phenoxy) is 4. The highest BCUT2D eigenvalue weighted by Crippen LogP contribution is 2.41. The van der Waals surface area contributed by atoms with Gasteiger partial charge in [0.15, 0.2) is 12.4 Å². The first-order valence-electron chi connectivity index (χ1n) is 13.3. The number of pyridine rings is 2. The lowest BCUT2D eigenvalue weighted by Gasteiger charge is -2.34. The van der Waals surface area contributed by atoms with Gasteiger partial charge >= 0.3 is 18.1 Å². The van der Waals surface area contributed by atoms with Gasteiger partial charge in [-0.25, -0.2) is 9.97 Å². The van der Waals surface area contributed by atoms with Crippen LogP contribution in [0.15, 0.2) is 24.5 Å². The third kappa shape index (κ3) is 7.02. The molecular formula is C27H32F5N3O6. The summed E-state index contributed by atoms with van der Waals surface area (Å²) in [5, 5.41) is 9.65. The molecule has 4 heterocycles. The highest BCUT2D eigenvalue weighted by atomic mass is 19.4. The molecule has 0 amide bonds. The molecule has 0 saturated carbocycles. The van der Waals surface area contributed by atoms with E-state index in [1.165, 1.54) is 13.2 Å². The van der Waals surface area contributed by atoms with Crippen LogP contribution in [0.3, 0.4) is 0 Å². The number of aromatic nitrogens is 2. The maximum Gasteiger partial charge on any atom is 0.456 e. The molecule has 4 rings (SSSR count). The second kappa shape index (κ2) is 12.5. The van der Waals surface area contributed by atoms with Gasteiger partial charge < -0.3 is 29.0 Å². The van der Waals surface area contributed by atoms with E-state index in [4.69, 9.17) is 18.9 Å². The molecule has 2 unspecified atom stereocenters. The summed E-state index contributed by atoms with van der Waals surface area (Å²) in [6.45, 7) is 1.64. The second-order valence-corrected chi connectivity index (χ2v) is 10.1. The fourth-order valence-corrected chi connectivity index (χ4v) is 5.11. The topological polar surface area (TPSA) is 103 Å². The van der Waals surface area contributed by atoms with Crippen molar-refractivity contribution in [2.24, 2.45) is 11.8 Å². The summed E-state index contributed by atoms with van der Waals surface area (Å²) in [7, 11) is 1.36. The molecule has 9 nitrogen and oxygen atoms in total. The quantitative estimate of drug-likeness (QED) is 0.348. The number of carboxylic acid groups (broad SMARTS) is 1. The summed E-state index contributed by atoms with van der Waals surface area (Å²) >= 11 is 0. The van der Waals surface area contributed by atoms with Crippen molar-refractivity contribution in [3.05, 3.63) is 30.1 Å². The van der Waals surface area contributed by atoms with Crippen LogP contribution in [0.5, 0.6) is 23.3 Å². The molecule has 226 valence electrons. The van der Waals surface area contributed by atoms with Gasteiger partial charge in [0.05, 0.1) is 44.3 Å². The maximum atomic E-state index is 13.5. The number of piperidine rings is 1. The average Bonchev–Trinajstić information content (AvgIpc) is 2.95. The van der Waals surface area contributed by atoms with Crippen LogP contribution in [0.4, 0.5) is 27.6 Å². The predicted octanol–water partition coefficient (Wildman–Crippen LogP) is 5.33. The minimum absolute atomic E-state index is 0.112. The van der Waals surface area contributed by atoms with Crippen LogP contribution < -0.4 is 23.8 Å². The molecule has 0 spiro atoms. The summed E-state index contributed by atoms with van der Waals surface area (Å²) in [6, 6.07) is 3.18. The van der Waals surface area contributed by atoms with Crippen molar-refractivity contribution >= 4 is 11.7 Å². The number of carboxylic acids is 1. The fourth-order valence-electron chi connectivity index (χ4n) is 5.11. The number of alkyl halides is 5. The largest absolute Gasteiger partial charge is 0.492 e. The van der Waals surface area contributed by atoms with E-state index in [1.54, 1.807) is 12.3 Å². The zero-order valence-electron chi connectivity index (χ0n) is 22.6. The van der Waals surface area contributed by atoms with Gasteiger partial charge in [-0.15, -0.1) is 0 Å². The van der Waals surface area contributed by atoms with Crippen molar-refractivity contribution in [1.29, 1.82) is 0 Å². The maximum absolute atomic E-state index is 13.5. The predicted molar refractivity (Wildman–Crippen MR) is 136 cm³/mol. The highest BCUT2D eigenvalue weighted by Gasteiger charge is 2.58. The number of nitrogens with zero attached hydrogens (tertiary/aromatic N) is 3. The Morgan fingerprint density at radius 1 is 1.10 bits per heavy atom. The lowest BCUT2D eigenvalue weighted by atomic mass is 9.81. The Balaban J connectivity index is 1.38. The number of aliphatic carboxylic acids is 1. The number of anilines is 1. The molecule has 0 aromatic carbocycles. The van der Waals surface area contributed by atoms with Crippen LogP contribution in [0.2, 0.25) is 0 Å². The Hall–Kier alpha value is -3.58. The zero-order valence-corrected chi connectivity index (χ0v) is 22.6. The molecule has 2 aliphatic heterocycles. The minimum Gasteiger partial charge on any atom is -0.492 e. The standard InChI is InChI=1S/C27H32F5N3O6/c1-3-17(25(36)37)18-6-9-39-21-12-34-24(10-19(18)21)40-14-16-4-7-35(8-5-16)20-11-23(38-2)33-13-22(20)41-15-26(28,29)27(30,31)32/h10-13,16-18H,3-9,14-15H2,1-2H3,(H,36,37). The molecule has 14 heteroatoms. The zero-order chi connectivity index (χ0) is 29.8. The smallest absolute Gasteiger partial charge is 0.456 e. The summed E-state index contributed by atoms with van der Waals surface area (Å²) in [5.41, 5.74) is 1.07. The molecule has 0 radical (unpaired) electrons. The van der Waals surface area contributed by atoms with Gasteiger partial charge in [0, 0.05) is 36.7 Å². The molecule has 0 bridgehead atoms. The molecule has 2 aromatic rings. The van der Waals surface area contributed by atoms with E-state index in [0.29, 0.717) is 69.3 Å². The van der Waals surface area contributed by atoms with Crippen molar-refractivity contribution in [1.82, 2.24) is 9.97 Å². The first kappa shape index (κ1) is 30.4. The summed E-state index contributed by atoms with van der Waals surface area (Å²) in [4.78, 5) is 21.8. The monoisotopic (exact) mass is 589 g/mol. The third-order valence-corrected chi connectivity index (χ3v) is 7.48. The SMILES string of the molecule is CCC(C(=O)O)C1CCOc2cnc(OCC3CCN(c4cc(OC)ncc4OCC(F)(F)C(F)(F)F)CC3)cc21. The minimum atomic E-state index is -5.74. The van der Waals surface area contributed by atoms with Crippen molar-refractivity contribution in [3.63, 3.8) is 0 Å². The number of carbonyl (C=O) groups is 1. The van der Waals surface area contributed by atoms with Gasteiger partial charge in [0.25, 0.3) is 0 Å². The van der Waals surface area contributed by atoms with Crippen LogP contribution in [0.25, 0.3) is 0 Å². The van der Waals surface area contributed by atoms with Crippen molar-refractivity contribution < 1.29 is 50.8 Å². The second-order valence-electron chi connectivity index (χ2n) is 10.1. The van der Waals surface area contributed by atoms with Gasteiger partial charge in [-0.05, 0) is 31.6 Å². The first-order valence-corrected chi connectivity index (χ1v) is 13.3. The average molecular weight is 590 g/mol. The Morgan fingerprint density at radius 2 is 1.80 bits per heavy atom. The summed E-state index contributed by atoms with van der Waals surface area (Å²) in [5.74, 6) is -5.64. The van der Waals surface area contributed by atoms with Crippen LogP contribution >= 0.6 is 0 Å². The number of hydrogen-bond donors (Lipinski definition) is 1. The summed E-state index contributed by atoms with van der Waals surface area (Å²) in [6.07, 6.45) is -0.778. The molecule has 0 aliphatic carbocycles. The molecule has 2 aliphatic rings. The van der Waals surface area contributed by atoms with Gasteiger partial charge in [-0.2, -0.15) is 22.0 Å². The van der Waals surface area contributed by atoms with Crippen LogP contribution in [0, 0.1) is 11.8 Å². The lowest BCUT2D eigenvalue weighted by molar-refractivity contribution is -0.289. The van der Waals surface area contributed by atoms with E-state index in [-0.39, 0.29) is 23.5 Å². The number of hydrogen-bond acceptors (Lipinski definition) is 8. The van der Waals surface area contributed by atoms with E-state index in [0.717, 1.165) is 11.8 Å². The molecule has 2 aromatic heterocycles. The number of fused-ring (bicyclic) bond motifs is 1. The van der Waals surface area contributed by atoms with Crippen molar-refractivity contribution in [2.75, 3.05) is 44.9 Å². The van der Waals surface area contributed by atoms with Crippen molar-refractivity contribution in [2.45, 2.75) is 50.6 Å². The van der Waals surface area contributed by atoms with Gasteiger partial charge in [-0.1, -0.05) is 6.92 Å². The van der Waals surface area contributed by atoms with Crippen LogP contribution in [0.1, 0.15) is 44.1 Å². The molecule has 1 saturated heterocycles. The number of halogens is 5. The Labute approximate surface area is 233 Å². The van der Waals surface area contributed by atoms with E-state index in [9.17, 15) is 31.9 Å². The number of rotatable bonds is 11. The van der Waals surface area contributed by atoms with Crippen molar-refractivity contribution in [3.8, 4) is 23.3 Å². The van der Waals surface area contributed by atoms with E-state index >= 15 is 0 Å². The molecular weight excluding hydrogens is 557 g/mol. The first-order chi connectivity index (χ1) is 19.4. The fraction of sp³-hybridized carbons (Fsp3) is 0.593. The summed E-state index contributed by atoms with van der Waals surface area (Å²) < 4.78 is 86.4. The van der Waals surface area contributed by atoms with Crippen LogP contribution in [-0.4, -0.2) is 73.2 Å². The Kier molecular flexibility index (Phi) is 9.27. The number of methoxy groups -OCH3 is 1. The van der Waals surface area contributed by atoms with Gasteiger partial charge in [-0.3, -0.25) is 4.79 Å². The molecule has 41 heavy (non-hydrogen) atoms. The van der Waals surface area contributed by atoms with Gasteiger partial charge in [0.2, 0.25) is 11.8 Å². The molecule has 2 atom stereocenters. The van der Waals surface area contributed by atoms with E-state index in [2.05, 4.69) is 9.97 Å². The van der Waals surface area contributed by atoms with Crippen LogP contribution in [-0.2, 0) is 4.79 Å². The van der Waals surface area contributed by atoms with E-state index < -0.39 is 30.6 Å². The third-order valence-electron chi connectivity index (χ3n) is 7.48. The normalized spacial score (nSPS) is 18.7. The van der Waals surface area contributed by atoms with E-state index in [1.807, 2.05) is 11.8 Å². The Bertz CT molecular complexity index is 1210. The lowest BCUT2D eigenvalue weighted by Crippen LogP contribution is -2.42. The molecule has 1 fully saturated rings.